The van der Waals surface area contributed by atoms with Crippen LogP contribution in [-0.2, 0) is 13.1 Å². The molecule has 0 bridgehead atoms. The molecule has 1 fully saturated rings. The number of nitrogens with zero attached hydrogens (tertiary/aromatic N) is 3. The standard InChI is InChI=1S/C22H30FN5O2/c1-16(2)15-30-21-6-3-17(11-26-21)12-27-22(29)28(20-7-9-24-10-8-20)14-19-5-4-18(23)13-25-19/h3-6,11,13,16,20,24H,7-10,12,14-15H2,1-2H3,(H,27,29). The molecule has 1 saturated heterocycles. The van der Waals surface area contributed by atoms with Crippen molar-refractivity contribution >= 4 is 6.03 Å². The Bertz CT molecular complexity index is 792. The molecule has 1 aliphatic rings. The number of carbonyl (C=O) groups excluding carboxylic acids is 1. The molecular formula is C22H30FN5O2. The number of amides is 2. The number of aromatic nitrogens is 2. The van der Waals surface area contributed by atoms with E-state index >= 15 is 0 Å². The number of ether oxygens (including phenoxy) is 1. The normalized spacial score (nSPS) is 14.5. The summed E-state index contributed by atoms with van der Waals surface area (Å²) in [5.41, 5.74) is 1.56. The van der Waals surface area contributed by atoms with Crippen molar-refractivity contribution in [2.45, 2.75) is 45.8 Å². The first-order valence-electron chi connectivity index (χ1n) is 10.4. The van der Waals surface area contributed by atoms with Crippen LogP contribution in [0.1, 0.15) is 37.9 Å². The van der Waals surface area contributed by atoms with Crippen molar-refractivity contribution < 1.29 is 13.9 Å². The summed E-state index contributed by atoms with van der Waals surface area (Å²) in [4.78, 5) is 23.2. The van der Waals surface area contributed by atoms with Gasteiger partial charge in [-0.05, 0) is 49.5 Å². The van der Waals surface area contributed by atoms with E-state index < -0.39 is 0 Å². The number of hydrogen-bond donors (Lipinski definition) is 2. The fraction of sp³-hybridized carbons (Fsp3) is 0.500. The van der Waals surface area contributed by atoms with Crippen LogP contribution in [0.5, 0.6) is 5.88 Å². The fourth-order valence-electron chi connectivity index (χ4n) is 3.29. The minimum Gasteiger partial charge on any atom is -0.477 e. The molecule has 162 valence electrons. The summed E-state index contributed by atoms with van der Waals surface area (Å²) < 4.78 is 18.8. The number of piperidine rings is 1. The zero-order valence-corrected chi connectivity index (χ0v) is 17.6. The molecule has 0 aliphatic carbocycles. The smallest absolute Gasteiger partial charge is 0.318 e. The third-order valence-electron chi connectivity index (χ3n) is 4.94. The van der Waals surface area contributed by atoms with Gasteiger partial charge in [-0.1, -0.05) is 19.9 Å². The molecule has 0 spiro atoms. The predicted octanol–water partition coefficient (Wildman–Crippen LogP) is 3.11. The Morgan fingerprint density at radius 3 is 2.67 bits per heavy atom. The second kappa shape index (κ2) is 10.9. The van der Waals surface area contributed by atoms with Gasteiger partial charge in [0.25, 0.3) is 0 Å². The number of rotatable bonds is 8. The molecular weight excluding hydrogens is 385 g/mol. The number of urea groups is 1. The van der Waals surface area contributed by atoms with E-state index in [0.29, 0.717) is 37.2 Å². The summed E-state index contributed by atoms with van der Waals surface area (Å²) in [5.74, 6) is 0.629. The van der Waals surface area contributed by atoms with Crippen LogP contribution in [0.15, 0.2) is 36.7 Å². The molecule has 8 heteroatoms. The Balaban J connectivity index is 1.60. The third-order valence-corrected chi connectivity index (χ3v) is 4.94. The maximum atomic E-state index is 13.2. The average molecular weight is 416 g/mol. The van der Waals surface area contributed by atoms with E-state index in [1.165, 1.54) is 12.3 Å². The largest absolute Gasteiger partial charge is 0.477 e. The van der Waals surface area contributed by atoms with E-state index in [4.69, 9.17) is 4.74 Å². The SMILES string of the molecule is CC(C)COc1ccc(CNC(=O)N(Cc2ccc(F)cn2)C2CCNCC2)cn1. The Labute approximate surface area is 177 Å². The summed E-state index contributed by atoms with van der Waals surface area (Å²) >= 11 is 0. The van der Waals surface area contributed by atoms with Gasteiger partial charge >= 0.3 is 6.03 Å². The monoisotopic (exact) mass is 415 g/mol. The predicted molar refractivity (Wildman–Crippen MR) is 112 cm³/mol. The van der Waals surface area contributed by atoms with Crippen molar-refractivity contribution in [2.75, 3.05) is 19.7 Å². The van der Waals surface area contributed by atoms with Gasteiger partial charge in [0.15, 0.2) is 0 Å². The molecule has 7 nitrogen and oxygen atoms in total. The second-order valence-electron chi connectivity index (χ2n) is 7.95. The van der Waals surface area contributed by atoms with E-state index in [-0.39, 0.29) is 17.9 Å². The van der Waals surface area contributed by atoms with E-state index in [1.54, 1.807) is 17.2 Å². The maximum Gasteiger partial charge on any atom is 0.318 e. The Morgan fingerprint density at radius 2 is 2.03 bits per heavy atom. The molecule has 30 heavy (non-hydrogen) atoms. The molecule has 2 N–H and O–H groups in total. The van der Waals surface area contributed by atoms with Crippen molar-refractivity contribution in [3.8, 4) is 5.88 Å². The van der Waals surface area contributed by atoms with Gasteiger partial charge in [-0.15, -0.1) is 0 Å². The number of pyridine rings is 2. The summed E-state index contributed by atoms with van der Waals surface area (Å²) in [6, 6.07) is 6.67. The van der Waals surface area contributed by atoms with Crippen molar-refractivity contribution in [2.24, 2.45) is 5.92 Å². The van der Waals surface area contributed by atoms with Crippen LogP contribution in [-0.4, -0.2) is 46.6 Å². The highest BCUT2D eigenvalue weighted by atomic mass is 19.1. The minimum atomic E-state index is -0.384. The topological polar surface area (TPSA) is 79.4 Å². The molecule has 0 atom stereocenters. The van der Waals surface area contributed by atoms with Crippen molar-refractivity contribution in [1.82, 2.24) is 25.5 Å². The number of halogens is 1. The highest BCUT2D eigenvalue weighted by Crippen LogP contribution is 2.16. The van der Waals surface area contributed by atoms with Crippen LogP contribution < -0.4 is 15.4 Å². The molecule has 0 radical (unpaired) electrons. The molecule has 2 amide bonds. The molecule has 2 aromatic heterocycles. The van der Waals surface area contributed by atoms with Gasteiger partial charge in [0, 0.05) is 24.8 Å². The average Bonchev–Trinajstić information content (AvgIpc) is 2.77. The lowest BCUT2D eigenvalue weighted by atomic mass is 10.0. The van der Waals surface area contributed by atoms with E-state index in [1.807, 2.05) is 12.1 Å². The van der Waals surface area contributed by atoms with Gasteiger partial charge in [-0.2, -0.15) is 0 Å². The lowest BCUT2D eigenvalue weighted by Crippen LogP contribution is -2.49. The number of nitrogens with one attached hydrogen (secondary N) is 2. The zero-order valence-electron chi connectivity index (χ0n) is 17.6. The molecule has 3 rings (SSSR count). The first-order chi connectivity index (χ1) is 14.5. The van der Waals surface area contributed by atoms with Crippen LogP contribution in [0.2, 0.25) is 0 Å². The van der Waals surface area contributed by atoms with Gasteiger partial charge in [-0.3, -0.25) is 4.98 Å². The summed E-state index contributed by atoms with van der Waals surface area (Å²) in [6.45, 7) is 7.23. The minimum absolute atomic E-state index is 0.114. The highest BCUT2D eigenvalue weighted by molar-refractivity contribution is 5.74. The van der Waals surface area contributed by atoms with Crippen molar-refractivity contribution in [3.63, 3.8) is 0 Å². The van der Waals surface area contributed by atoms with Gasteiger partial charge in [-0.25, -0.2) is 14.2 Å². The Hall–Kier alpha value is -2.74. The summed E-state index contributed by atoms with van der Waals surface area (Å²) in [5, 5.41) is 6.30. The zero-order chi connectivity index (χ0) is 21.3. The van der Waals surface area contributed by atoms with Crippen molar-refractivity contribution in [3.05, 3.63) is 53.7 Å². The van der Waals surface area contributed by atoms with Gasteiger partial charge in [0.05, 0.1) is 25.0 Å². The Morgan fingerprint density at radius 1 is 1.23 bits per heavy atom. The van der Waals surface area contributed by atoms with E-state index in [0.717, 1.165) is 31.5 Å². The molecule has 3 heterocycles. The molecule has 0 unspecified atom stereocenters. The van der Waals surface area contributed by atoms with Crippen LogP contribution >= 0.6 is 0 Å². The molecule has 2 aromatic rings. The van der Waals surface area contributed by atoms with Crippen LogP contribution in [0.25, 0.3) is 0 Å². The lowest BCUT2D eigenvalue weighted by Gasteiger charge is -2.34. The third kappa shape index (κ3) is 6.66. The maximum absolute atomic E-state index is 13.2. The van der Waals surface area contributed by atoms with E-state index in [9.17, 15) is 9.18 Å². The lowest BCUT2D eigenvalue weighted by molar-refractivity contribution is 0.153. The first-order valence-corrected chi connectivity index (χ1v) is 10.4. The second-order valence-corrected chi connectivity index (χ2v) is 7.95. The summed E-state index contributed by atoms with van der Waals surface area (Å²) in [6.07, 6.45) is 4.64. The number of carbonyl (C=O) groups is 1. The molecule has 0 saturated carbocycles. The molecule has 1 aliphatic heterocycles. The van der Waals surface area contributed by atoms with Gasteiger partial charge < -0.3 is 20.3 Å². The van der Waals surface area contributed by atoms with Crippen molar-refractivity contribution in [1.29, 1.82) is 0 Å². The van der Waals surface area contributed by atoms with Gasteiger partial charge in [0.1, 0.15) is 5.82 Å². The quantitative estimate of drug-likeness (QED) is 0.693. The first kappa shape index (κ1) is 22.0. The summed E-state index contributed by atoms with van der Waals surface area (Å²) in [7, 11) is 0. The van der Waals surface area contributed by atoms with E-state index in [2.05, 4.69) is 34.4 Å². The van der Waals surface area contributed by atoms with Crippen LogP contribution in [0, 0.1) is 11.7 Å². The number of hydrogen-bond acceptors (Lipinski definition) is 5. The Kier molecular flexibility index (Phi) is 7.96. The molecule has 0 aromatic carbocycles. The fourth-order valence-corrected chi connectivity index (χ4v) is 3.29. The van der Waals surface area contributed by atoms with Gasteiger partial charge in [0.2, 0.25) is 5.88 Å². The highest BCUT2D eigenvalue weighted by Gasteiger charge is 2.25. The van der Waals surface area contributed by atoms with Crippen LogP contribution in [0.3, 0.4) is 0 Å². The van der Waals surface area contributed by atoms with Crippen LogP contribution in [0.4, 0.5) is 9.18 Å².